The van der Waals surface area contributed by atoms with Gasteiger partial charge in [0.2, 0.25) is 0 Å². The molecule has 0 spiro atoms. The molecule has 0 amide bonds. The van der Waals surface area contributed by atoms with E-state index in [0.717, 1.165) is 66.9 Å². The van der Waals surface area contributed by atoms with Crippen molar-refractivity contribution in [2.24, 2.45) is 5.41 Å². The number of aryl methyl sites for hydroxylation is 1. The number of imidazole rings is 1. The monoisotopic (exact) mass is 1150 g/mol. The molecule has 6 nitrogen and oxygen atoms in total. The van der Waals surface area contributed by atoms with E-state index in [1.165, 1.54) is 0 Å². The van der Waals surface area contributed by atoms with Crippen LogP contribution in [0.5, 0.6) is 11.6 Å². The average Bonchev–Trinajstić information content (AvgIpc) is 4.12. The Labute approximate surface area is 458 Å². The number of hydrogen-bond acceptors (Lipinski definition) is 4. The Morgan fingerprint density at radius 3 is 1.91 bits per heavy atom. The molecule has 0 saturated carbocycles. The van der Waals surface area contributed by atoms with Crippen molar-refractivity contribution in [1.29, 1.82) is 0 Å². The molecule has 2 aliphatic rings. The second kappa shape index (κ2) is 17.9. The number of aromatic nitrogens is 3. The molecule has 0 unspecified atom stereocenters. The number of rotatable bonds is 8. The van der Waals surface area contributed by atoms with Crippen molar-refractivity contribution in [3.8, 4) is 56.4 Å². The predicted octanol–water partition coefficient (Wildman–Crippen LogP) is 16.6. The van der Waals surface area contributed by atoms with E-state index in [4.69, 9.17) is 17.9 Å². The van der Waals surface area contributed by atoms with E-state index in [0.29, 0.717) is 26.6 Å². The van der Waals surface area contributed by atoms with E-state index < -0.39 is 30.4 Å². The summed E-state index contributed by atoms with van der Waals surface area (Å²) in [6.45, 7) is 14.6. The number of hydrogen-bond donors (Lipinski definition) is 0. The zero-order valence-electron chi connectivity index (χ0n) is 50.7. The van der Waals surface area contributed by atoms with Gasteiger partial charge >= 0.3 is 377 Å². The van der Waals surface area contributed by atoms with Gasteiger partial charge in [0.15, 0.2) is 0 Å². The van der Waals surface area contributed by atoms with Gasteiger partial charge in [-0.3, -0.25) is 0 Å². The minimum atomic E-state index is -2.58. The molecule has 2 aromatic heterocycles. The maximum absolute atomic E-state index is 9.55. The van der Waals surface area contributed by atoms with E-state index in [9.17, 15) is 2.74 Å². The molecule has 2 aliphatic heterocycles. The second-order valence-corrected chi connectivity index (χ2v) is 22.9. The molecule has 74 heavy (non-hydrogen) atoms. The summed E-state index contributed by atoms with van der Waals surface area (Å²) in [4.78, 5) is 9.76. The Kier molecular flexibility index (Phi) is 9.44. The van der Waals surface area contributed by atoms with Gasteiger partial charge < -0.3 is 0 Å². The third-order valence-corrected chi connectivity index (χ3v) is 16.4. The quantitative estimate of drug-likeness (QED) is 0.142. The van der Waals surface area contributed by atoms with Crippen molar-refractivity contribution in [3.05, 3.63) is 221 Å². The summed E-state index contributed by atoms with van der Waals surface area (Å²) < 4.78 is 83.8. The van der Waals surface area contributed by atoms with Gasteiger partial charge in [-0.25, -0.2) is 0 Å². The first-order valence-electron chi connectivity index (χ1n) is 29.1. The summed E-state index contributed by atoms with van der Waals surface area (Å²) in [5.41, 5.74) is 12.4. The molecule has 0 atom stereocenters. The van der Waals surface area contributed by atoms with E-state index in [2.05, 4.69) is 180 Å². The Bertz CT molecular complexity index is 4300. The molecule has 0 aliphatic carbocycles. The molecule has 10 aromatic rings. The van der Waals surface area contributed by atoms with Crippen molar-refractivity contribution < 1.29 is 35.1 Å². The van der Waals surface area contributed by atoms with E-state index >= 15 is 0 Å². The molecule has 0 bridgehead atoms. The minimum absolute atomic E-state index is 0.0000418. The van der Waals surface area contributed by atoms with Gasteiger partial charge in [0, 0.05) is 11.3 Å². The molecule has 0 saturated heterocycles. The number of ether oxygens (including phenoxy) is 1. The van der Waals surface area contributed by atoms with Gasteiger partial charge in [-0.1, -0.05) is 54.6 Å². The van der Waals surface area contributed by atoms with Crippen LogP contribution in [0.4, 0.5) is 22.9 Å². The Morgan fingerprint density at radius 2 is 1.19 bits per heavy atom. The fourth-order valence-electron chi connectivity index (χ4n) is 10.5. The van der Waals surface area contributed by atoms with Crippen LogP contribution in [0, 0.1) is 16.1 Å². The first kappa shape index (κ1) is 39.1. The summed E-state index contributed by atoms with van der Waals surface area (Å²) in [5.74, 6) is 0.906. The molecular formula is C66H60BN5OPt. The third-order valence-electron chi connectivity index (χ3n) is 15.4. The van der Waals surface area contributed by atoms with Gasteiger partial charge in [0.05, 0.1) is 0 Å². The molecule has 0 fully saturated rings. The summed E-state index contributed by atoms with van der Waals surface area (Å²) >= 11 is 2.30. The first-order chi connectivity index (χ1) is 38.9. The van der Waals surface area contributed by atoms with Crippen LogP contribution >= 0.6 is 0 Å². The van der Waals surface area contributed by atoms with E-state index in [-0.39, 0.29) is 52.7 Å². The first-order valence-corrected chi connectivity index (χ1v) is 26.2. The summed E-state index contributed by atoms with van der Waals surface area (Å²) in [7, 11) is 0. The van der Waals surface area contributed by atoms with Crippen LogP contribution in [0.15, 0.2) is 200 Å². The summed E-state index contributed by atoms with van der Waals surface area (Å²) in [6, 6.07) is 54.5. The number of benzene rings is 8. The zero-order chi connectivity index (χ0) is 58.1. The second-order valence-electron chi connectivity index (χ2n) is 21.9. The maximum atomic E-state index is 9.55. The summed E-state index contributed by atoms with van der Waals surface area (Å²) in [6.07, 6.45) is 0. The van der Waals surface area contributed by atoms with Crippen molar-refractivity contribution in [2.45, 2.75) is 73.1 Å². The topological polar surface area (TPSA) is 38.5 Å². The molecule has 0 N–H and O–H groups in total. The third kappa shape index (κ3) is 7.82. The Hall–Kier alpha value is -7.47. The van der Waals surface area contributed by atoms with Crippen LogP contribution in [0.2, 0.25) is 0 Å². The van der Waals surface area contributed by atoms with Gasteiger partial charge in [-0.2, -0.15) is 0 Å². The van der Waals surface area contributed by atoms with Gasteiger partial charge in [0.1, 0.15) is 0 Å². The van der Waals surface area contributed by atoms with E-state index in [1.807, 2.05) is 59.2 Å². The molecule has 368 valence electrons. The fourth-order valence-corrected chi connectivity index (χ4v) is 11.6. The Balaban J connectivity index is 1.07. The zero-order valence-corrected chi connectivity index (χ0v) is 45.0. The number of pyridine rings is 1. The molecule has 8 heteroatoms. The van der Waals surface area contributed by atoms with Crippen molar-refractivity contribution in [1.82, 2.24) is 14.1 Å². The van der Waals surface area contributed by atoms with Crippen LogP contribution in [-0.4, -0.2) is 21.1 Å². The van der Waals surface area contributed by atoms with Crippen LogP contribution in [-0.2, 0) is 30.2 Å². The van der Waals surface area contributed by atoms with Crippen molar-refractivity contribution in [3.63, 3.8) is 0 Å². The van der Waals surface area contributed by atoms with Crippen LogP contribution < -0.4 is 19.8 Å². The molecule has 0 radical (unpaired) electrons. The van der Waals surface area contributed by atoms with Gasteiger partial charge in [0.25, 0.3) is 0 Å². The average molecular weight is 1150 g/mol. The fraction of sp³-hybridized carbons (Fsp3) is 0.182. The van der Waals surface area contributed by atoms with Crippen molar-refractivity contribution in [2.75, 3.05) is 9.62 Å². The number of nitrogens with zero attached hydrogens (tertiary/aromatic N) is 5. The van der Waals surface area contributed by atoms with Crippen LogP contribution in [0.1, 0.15) is 83.0 Å². The summed E-state index contributed by atoms with van der Waals surface area (Å²) in [5, 5.41) is 0. The standard InChI is InChI=1S/C66H60BN5O.Pt/c1-44-37-38-49(42-60(44)73-62-36-22-35-61(68-62)72-59-34-20-19-33-58(59)71-55-30-16-14-28-51(55)50-27-13-15-29-54(50)67(71)72)69-43-70(57-32-18-17-31-56(57)69)63-52(45-23-11-10-12-24-45)40-48(66(8,9)65(5,6)7)41-53(63)46-25-21-26-47(39-46)64(2,3)4;/h10-42H,1-9H3;/i1D3,10D,11D,12D,23D,24D;. The van der Waals surface area contributed by atoms with Gasteiger partial charge in [-0.15, -0.1) is 0 Å². The molecular weight excluding hydrogens is 1080 g/mol. The van der Waals surface area contributed by atoms with Crippen molar-refractivity contribution >= 4 is 46.4 Å². The molecule has 4 heterocycles. The molecule has 8 aromatic carbocycles. The molecule has 12 rings (SSSR count). The number of anilines is 4. The van der Waals surface area contributed by atoms with Crippen LogP contribution in [0.3, 0.4) is 0 Å². The van der Waals surface area contributed by atoms with Gasteiger partial charge in [-0.05, 0) is 17.7 Å². The Morgan fingerprint density at radius 1 is 0.554 bits per heavy atom. The number of para-hydroxylation sites is 5. The predicted molar refractivity (Wildman–Crippen MR) is 305 cm³/mol. The van der Waals surface area contributed by atoms with Crippen LogP contribution in [0.25, 0.3) is 55.8 Å². The normalized spacial score (nSPS) is 14.9. The number of fused-ring (bicyclic) bond motifs is 9. The SMILES string of the molecule is [2H]c1c([2H])c([2H])c(-c2cc(C(C)(C)C(C)(C)C)cc(-c3cccc(C(C)(C)C)c3)c2-n2[c](=[Pt])n(-c3ccc(C([2H])([2H])[2H])c(Oc4cccc(N5B6c7ccccc7-c7ccccc7N6c6ccccc65)n4)c3)c3ccccc32)c([2H])c1[2H]. The van der Waals surface area contributed by atoms with E-state index in [1.54, 1.807) is 24.3 Å².